The molecule has 0 aromatic carbocycles. The fraction of sp³-hybridized carbons (Fsp3) is 0.938. The number of carbonyl (C=O) groups is 1. The smallest absolute Gasteiger partial charge is 0.222 e. The Hall–Kier alpha value is -0.0300. The summed E-state index contributed by atoms with van der Waals surface area (Å²) < 4.78 is 0. The van der Waals surface area contributed by atoms with Crippen molar-refractivity contribution in [1.82, 2.24) is 9.80 Å². The lowest BCUT2D eigenvalue weighted by Gasteiger charge is -2.37. The molecule has 0 bridgehead atoms. The Morgan fingerprint density at radius 2 is 1.68 bits per heavy atom. The quantitative estimate of drug-likeness (QED) is 0.826. The highest BCUT2D eigenvalue weighted by atomic mass is 35.5. The summed E-state index contributed by atoms with van der Waals surface area (Å²) in [5, 5.41) is 0. The highest BCUT2D eigenvalue weighted by molar-refractivity contribution is 5.85. The van der Waals surface area contributed by atoms with Crippen LogP contribution in [0, 0.1) is 5.92 Å². The number of amides is 1. The number of nitrogens with two attached hydrogens (primary N) is 1. The fourth-order valence-electron chi connectivity index (χ4n) is 3.42. The van der Waals surface area contributed by atoms with Crippen molar-refractivity contribution in [2.75, 3.05) is 32.7 Å². The maximum Gasteiger partial charge on any atom is 0.222 e. The van der Waals surface area contributed by atoms with Gasteiger partial charge in [0, 0.05) is 45.2 Å². The van der Waals surface area contributed by atoms with E-state index in [0.717, 1.165) is 38.5 Å². The number of nitrogens with zero attached hydrogens (tertiary/aromatic N) is 2. The highest BCUT2D eigenvalue weighted by Gasteiger charge is 2.23. The van der Waals surface area contributed by atoms with Crippen LogP contribution in [-0.2, 0) is 4.79 Å². The first-order chi connectivity index (χ1) is 9.65. The van der Waals surface area contributed by atoms with Crippen molar-refractivity contribution in [3.05, 3.63) is 0 Å². The molecular formula is C16H33Cl2N3O. The molecule has 1 amide bonds. The molecule has 1 unspecified atom stereocenters. The number of hydrogen-bond acceptors (Lipinski definition) is 3. The lowest BCUT2D eigenvalue weighted by Crippen LogP contribution is -2.50. The van der Waals surface area contributed by atoms with Crippen molar-refractivity contribution in [2.45, 2.75) is 57.9 Å². The molecule has 2 N–H and O–H groups in total. The van der Waals surface area contributed by atoms with E-state index in [4.69, 9.17) is 5.73 Å². The standard InChI is InChI=1S/C16H31N3O.2ClH/c1-14(17)7-8-16(20)19-11-9-18(10-12-19)13-15-5-3-2-4-6-15;;/h14-15H,2-13,17H2,1H3;2*1H. The van der Waals surface area contributed by atoms with E-state index in [2.05, 4.69) is 4.90 Å². The van der Waals surface area contributed by atoms with E-state index in [-0.39, 0.29) is 30.9 Å². The van der Waals surface area contributed by atoms with Crippen molar-refractivity contribution in [3.63, 3.8) is 0 Å². The lowest BCUT2D eigenvalue weighted by atomic mass is 9.89. The molecule has 0 aromatic rings. The summed E-state index contributed by atoms with van der Waals surface area (Å²) in [6.45, 7) is 7.15. The van der Waals surface area contributed by atoms with Gasteiger partial charge in [0.2, 0.25) is 5.91 Å². The van der Waals surface area contributed by atoms with Crippen LogP contribution < -0.4 is 5.73 Å². The van der Waals surface area contributed by atoms with E-state index < -0.39 is 0 Å². The number of rotatable bonds is 5. The van der Waals surface area contributed by atoms with Crippen LogP contribution in [0.1, 0.15) is 51.9 Å². The van der Waals surface area contributed by atoms with Gasteiger partial charge in [0.05, 0.1) is 0 Å². The van der Waals surface area contributed by atoms with Crippen LogP contribution >= 0.6 is 24.8 Å². The minimum atomic E-state index is 0. The van der Waals surface area contributed by atoms with E-state index in [0.29, 0.717) is 12.3 Å². The Morgan fingerprint density at radius 1 is 1.09 bits per heavy atom. The van der Waals surface area contributed by atoms with E-state index in [9.17, 15) is 4.79 Å². The van der Waals surface area contributed by atoms with Crippen molar-refractivity contribution in [2.24, 2.45) is 11.7 Å². The molecule has 1 aliphatic carbocycles. The molecule has 0 radical (unpaired) electrons. The maximum atomic E-state index is 12.1. The number of halogens is 2. The van der Waals surface area contributed by atoms with Crippen LogP contribution in [0.3, 0.4) is 0 Å². The van der Waals surface area contributed by atoms with Gasteiger partial charge in [0.15, 0.2) is 0 Å². The third-order valence-corrected chi connectivity index (χ3v) is 4.78. The third kappa shape index (κ3) is 7.49. The van der Waals surface area contributed by atoms with Gasteiger partial charge in [-0.1, -0.05) is 19.3 Å². The van der Waals surface area contributed by atoms with Gasteiger partial charge in [-0.2, -0.15) is 0 Å². The van der Waals surface area contributed by atoms with E-state index in [1.165, 1.54) is 38.6 Å². The third-order valence-electron chi connectivity index (χ3n) is 4.78. The zero-order chi connectivity index (χ0) is 14.4. The molecule has 132 valence electrons. The summed E-state index contributed by atoms with van der Waals surface area (Å²) in [7, 11) is 0. The Morgan fingerprint density at radius 3 is 2.23 bits per heavy atom. The van der Waals surface area contributed by atoms with Gasteiger partial charge in [-0.3, -0.25) is 9.69 Å². The molecule has 4 nitrogen and oxygen atoms in total. The summed E-state index contributed by atoms with van der Waals surface area (Å²) in [5.41, 5.74) is 5.72. The summed E-state index contributed by atoms with van der Waals surface area (Å²) in [6.07, 6.45) is 8.50. The van der Waals surface area contributed by atoms with E-state index in [1.54, 1.807) is 0 Å². The van der Waals surface area contributed by atoms with Gasteiger partial charge in [-0.05, 0) is 32.1 Å². The topological polar surface area (TPSA) is 49.6 Å². The number of carbonyl (C=O) groups excluding carboxylic acids is 1. The van der Waals surface area contributed by atoms with E-state index >= 15 is 0 Å². The zero-order valence-corrected chi connectivity index (χ0v) is 15.5. The molecule has 1 saturated carbocycles. The fourth-order valence-corrected chi connectivity index (χ4v) is 3.42. The maximum absolute atomic E-state index is 12.1. The average Bonchev–Trinajstić information content (AvgIpc) is 2.46. The molecule has 22 heavy (non-hydrogen) atoms. The second kappa shape index (κ2) is 11.5. The van der Waals surface area contributed by atoms with Crippen LogP contribution in [0.25, 0.3) is 0 Å². The predicted molar refractivity (Wildman–Crippen MR) is 97.0 cm³/mol. The summed E-state index contributed by atoms with van der Waals surface area (Å²) >= 11 is 0. The zero-order valence-electron chi connectivity index (χ0n) is 13.8. The lowest BCUT2D eigenvalue weighted by molar-refractivity contribution is -0.133. The van der Waals surface area contributed by atoms with Gasteiger partial charge in [0.25, 0.3) is 0 Å². The summed E-state index contributed by atoms with van der Waals surface area (Å²) in [5.74, 6) is 1.20. The average molecular weight is 354 g/mol. The summed E-state index contributed by atoms with van der Waals surface area (Å²) in [6, 6.07) is 0.131. The molecule has 0 spiro atoms. The Balaban J connectivity index is 0.00000220. The largest absolute Gasteiger partial charge is 0.340 e. The molecule has 2 rings (SSSR count). The molecule has 2 aliphatic rings. The first-order valence-electron chi connectivity index (χ1n) is 8.41. The molecular weight excluding hydrogens is 321 g/mol. The Bertz CT molecular complexity index is 302. The molecule has 1 aliphatic heterocycles. The van der Waals surface area contributed by atoms with E-state index in [1.807, 2.05) is 11.8 Å². The van der Waals surface area contributed by atoms with Gasteiger partial charge in [-0.25, -0.2) is 0 Å². The van der Waals surface area contributed by atoms with Gasteiger partial charge in [0.1, 0.15) is 0 Å². The molecule has 1 saturated heterocycles. The SMILES string of the molecule is CC(N)CCC(=O)N1CCN(CC2CCCCC2)CC1.Cl.Cl. The van der Waals surface area contributed by atoms with Crippen molar-refractivity contribution in [1.29, 1.82) is 0 Å². The molecule has 1 atom stereocenters. The second-order valence-corrected chi connectivity index (χ2v) is 6.70. The second-order valence-electron chi connectivity index (χ2n) is 6.70. The van der Waals surface area contributed by atoms with Gasteiger partial charge < -0.3 is 10.6 Å². The number of piperazine rings is 1. The van der Waals surface area contributed by atoms with Crippen molar-refractivity contribution < 1.29 is 4.79 Å². The molecule has 6 heteroatoms. The minimum absolute atomic E-state index is 0. The van der Waals surface area contributed by atoms with Gasteiger partial charge in [-0.15, -0.1) is 24.8 Å². The normalized spacial score (nSPS) is 21.6. The molecule has 0 aromatic heterocycles. The van der Waals surface area contributed by atoms with Crippen LogP contribution in [0.15, 0.2) is 0 Å². The first-order valence-corrected chi connectivity index (χ1v) is 8.41. The number of hydrogen-bond donors (Lipinski definition) is 1. The predicted octanol–water partition coefficient (Wildman–Crippen LogP) is 2.68. The Kier molecular flexibility index (Phi) is 11.5. The monoisotopic (exact) mass is 353 g/mol. The first kappa shape index (κ1) is 22.0. The molecule has 2 fully saturated rings. The summed E-state index contributed by atoms with van der Waals surface area (Å²) in [4.78, 5) is 16.6. The van der Waals surface area contributed by atoms with Crippen molar-refractivity contribution >= 4 is 30.7 Å². The minimum Gasteiger partial charge on any atom is -0.340 e. The Labute approximate surface area is 148 Å². The van der Waals surface area contributed by atoms with Crippen LogP contribution in [0.5, 0.6) is 0 Å². The van der Waals surface area contributed by atoms with Crippen molar-refractivity contribution in [3.8, 4) is 0 Å². The van der Waals surface area contributed by atoms with Gasteiger partial charge >= 0.3 is 0 Å². The highest BCUT2D eigenvalue weighted by Crippen LogP contribution is 2.24. The van der Waals surface area contributed by atoms with Crippen LogP contribution in [0.4, 0.5) is 0 Å². The van der Waals surface area contributed by atoms with Crippen LogP contribution in [-0.4, -0.2) is 54.5 Å². The molecule has 1 heterocycles. The van der Waals surface area contributed by atoms with Crippen LogP contribution in [0.2, 0.25) is 0 Å².